The number of carbonyl (C=O) groups excluding carboxylic acids is 8. The molecule has 4 aliphatic rings. The van der Waals surface area contributed by atoms with Gasteiger partial charge in [-0.3, -0.25) is 63.3 Å². The van der Waals surface area contributed by atoms with E-state index in [0.717, 1.165) is 56.3 Å². The van der Waals surface area contributed by atoms with Crippen LogP contribution in [0.25, 0.3) is 0 Å². The fourth-order valence-electron chi connectivity index (χ4n) is 16.3. The molecule has 4 fully saturated rings. The topological polar surface area (TPSA) is 450 Å². The summed E-state index contributed by atoms with van der Waals surface area (Å²) in [4.78, 5) is 136. The molecule has 36 heteroatoms. The average Bonchev–Trinajstić information content (AvgIpc) is 0.737. The number of benzene rings is 6. The number of phenols is 5. The summed E-state index contributed by atoms with van der Waals surface area (Å²) in [6.07, 6.45) is 8.06. The molecule has 0 radical (unpaired) electrons. The number of nitrogens with zero attached hydrogens (tertiary/aromatic N) is 9. The molecule has 11 aromatic rings. The first kappa shape index (κ1) is 111. The third-order valence-corrected chi connectivity index (χ3v) is 33.0. The van der Waals surface area contributed by atoms with Crippen LogP contribution in [0.4, 0.5) is 0 Å². The molecule has 6 aromatic carbocycles. The smallest absolute Gasteiger partial charge is 0.337 e. The summed E-state index contributed by atoms with van der Waals surface area (Å²) < 4.78 is 24.4. The van der Waals surface area contributed by atoms with Gasteiger partial charge in [-0.25, -0.2) is 4.79 Å². The zero-order valence-electron chi connectivity index (χ0n) is 80.7. The Morgan fingerprint density at radius 3 is 0.930 bits per heavy atom. The number of carbonyl (C=O) groups is 9. The van der Waals surface area contributed by atoms with Crippen LogP contribution < -0.4 is 24.6 Å². The highest BCUT2D eigenvalue weighted by molar-refractivity contribution is 8.00. The number of carboxylic acids is 1. The van der Waals surface area contributed by atoms with Crippen LogP contribution in [0.3, 0.4) is 0 Å². The first-order valence-electron chi connectivity index (χ1n) is 46.2. The molecule has 0 aliphatic carbocycles. The number of aldehydes is 4. The Morgan fingerprint density at radius 1 is 0.373 bits per heavy atom. The van der Waals surface area contributed by atoms with Crippen LogP contribution in [0.2, 0.25) is 5.04 Å². The maximum Gasteiger partial charge on any atom is 0.337 e. The monoisotopic (exact) mass is 2030 g/mol. The largest absolute Gasteiger partial charge is 0.507 e. The van der Waals surface area contributed by atoms with E-state index in [1.54, 1.807) is 192 Å². The first-order valence-corrected chi connectivity index (χ1v) is 52.7. The lowest BCUT2D eigenvalue weighted by molar-refractivity contribution is 0.0626. The summed E-state index contributed by atoms with van der Waals surface area (Å²) in [5, 5.41) is 88.2. The third-order valence-electron chi connectivity index (χ3n) is 23.5. The van der Waals surface area contributed by atoms with Crippen LogP contribution in [-0.2, 0) is 4.43 Å². The molecule has 4 amide bonds. The number of thioether (sulfide) groups is 4. The van der Waals surface area contributed by atoms with Gasteiger partial charge in [0.1, 0.15) is 65.8 Å². The Morgan fingerprint density at radius 2 is 0.648 bits per heavy atom. The van der Waals surface area contributed by atoms with Crippen molar-refractivity contribution in [3.63, 3.8) is 0 Å². The molecule has 0 spiro atoms. The van der Waals surface area contributed by atoms with Crippen LogP contribution in [0, 0.1) is 0 Å². The molecule has 142 heavy (non-hydrogen) atoms. The van der Waals surface area contributed by atoms with Gasteiger partial charge < -0.3 is 84.2 Å². The number of rotatable bonds is 28. The summed E-state index contributed by atoms with van der Waals surface area (Å²) in [6.45, 7) is 22.8. The zero-order chi connectivity index (χ0) is 103. The minimum Gasteiger partial charge on any atom is -0.507 e. The van der Waals surface area contributed by atoms with E-state index in [1.807, 2.05) is 88.0 Å². The van der Waals surface area contributed by atoms with E-state index in [-0.39, 0.29) is 159 Å². The highest BCUT2D eigenvalue weighted by Crippen LogP contribution is 2.41. The summed E-state index contributed by atoms with van der Waals surface area (Å²) in [5.41, 5.74) is 5.24. The number of aliphatic hydroxyl groups is 3. The second-order valence-corrected chi connectivity index (χ2v) is 43.7. The fraction of sp³-hybridized carbons (Fsp3) is 0.340. The Bertz CT molecular complexity index is 5670. The van der Waals surface area contributed by atoms with Crippen molar-refractivity contribution in [2.45, 2.75) is 129 Å². The molecule has 9 heterocycles. The highest BCUT2D eigenvalue weighted by atomic mass is 32.2. The van der Waals surface area contributed by atoms with E-state index in [9.17, 15) is 78.9 Å². The number of aromatic carboxylic acids is 1. The van der Waals surface area contributed by atoms with Gasteiger partial charge in [0.25, 0.3) is 31.9 Å². The van der Waals surface area contributed by atoms with Crippen molar-refractivity contribution in [3.8, 4) is 46.0 Å². The molecular formula is C106H121N9O22S4Si. The number of hydrogen-bond donors (Lipinski definition) is 9. The molecule has 0 saturated carbocycles. The number of carboxylic acid groups (broad SMARTS) is 1. The number of aromatic nitrogens is 5. The molecule has 9 N–H and O–H groups in total. The number of phenolic OH excluding ortho intramolecular Hbond substituents is 5. The molecular weight excluding hydrogens is 1910 g/mol. The second-order valence-electron chi connectivity index (χ2n) is 34.8. The van der Waals surface area contributed by atoms with Crippen molar-refractivity contribution in [1.82, 2.24) is 44.5 Å². The predicted molar refractivity (Wildman–Crippen MR) is 553 cm³/mol. The molecule has 31 nitrogen and oxygen atoms in total. The number of aliphatic hydroxyl groups excluding tert-OH is 3. The van der Waals surface area contributed by atoms with Gasteiger partial charge in [-0.1, -0.05) is 133 Å². The van der Waals surface area contributed by atoms with E-state index in [1.165, 1.54) is 36.4 Å². The number of amides is 4. The summed E-state index contributed by atoms with van der Waals surface area (Å²) in [7, 11) is -2.79. The van der Waals surface area contributed by atoms with Gasteiger partial charge in [-0.2, -0.15) is 47.0 Å². The first-order chi connectivity index (χ1) is 68.2. The van der Waals surface area contributed by atoms with Crippen LogP contribution >= 0.6 is 47.0 Å². The Kier molecular flexibility index (Phi) is 42.4. The summed E-state index contributed by atoms with van der Waals surface area (Å²) in [5.74, 6) is 5.33. The lowest BCUT2D eigenvalue weighted by Crippen LogP contribution is -2.66. The van der Waals surface area contributed by atoms with E-state index >= 15 is 0 Å². The lowest BCUT2D eigenvalue weighted by atomic mass is 10.0. The number of ether oxygens (including phenoxy) is 3. The molecule has 0 bridgehead atoms. The molecule has 4 aliphatic heterocycles. The second kappa shape index (κ2) is 54.3. The van der Waals surface area contributed by atoms with Crippen LogP contribution in [-0.4, -0.2) is 276 Å². The van der Waals surface area contributed by atoms with Crippen LogP contribution in [0.15, 0.2) is 225 Å². The number of pyridine rings is 5. The quantitative estimate of drug-likeness (QED) is 0.0162. The van der Waals surface area contributed by atoms with E-state index in [0.29, 0.717) is 108 Å². The summed E-state index contributed by atoms with van der Waals surface area (Å²) >= 11 is 7.00. The molecule has 7 atom stereocenters. The third kappa shape index (κ3) is 28.7. The Hall–Kier alpha value is -13.0. The predicted octanol–water partition coefficient (Wildman–Crippen LogP) is 15.0. The van der Waals surface area contributed by atoms with Crippen molar-refractivity contribution in [2.24, 2.45) is 0 Å². The molecule has 750 valence electrons. The normalized spacial score (nSPS) is 16.3. The Labute approximate surface area is 844 Å². The standard InChI is InChI=1S/C24H27NO3Si.C21H24N2O4S.2C20H22N2O5S.C14H20N2O2S.C7H6O3/c1-18(22-21(23(26)27)16-11-17-25-22)28-29(24(2,3)4,19-12-7-5-8-13-19)20-14-9-6-10-15-20;1-14(2)20-16(5-4-8-22-20)21(26)23-9-10-28-13-15(23)12-27-19-7-3-6-18(25)17(19)11-24;2*1-13(24)19-15(4-3-7-21-19)20(26)22-8-9-28-12-14(22)11-27-18-6-2-5-17(25)16(18)10-23;1-10(2)13-12(4-3-5-15-13)14(18)16-6-7-19-9-11(16)8-17;8-4-5-6(9)2-1-3-7(5)10/h5-18H,1-4H3,(H,26,27);3-8,11,14-15,25H,9-10,12-13H2,1-2H3;2*2-7,10,13-14,24-25H,8-9,11-12H2,1H3;3-5,10-11,17H,6-9H2,1-2H3;1-4,9-10H/t;15-;13-,14+;13-,14-;11-;/m.1011./s1. The van der Waals surface area contributed by atoms with Crippen molar-refractivity contribution >= 4 is 120 Å². The number of aromatic hydroxyl groups is 5. The molecule has 15 rings (SSSR count). The van der Waals surface area contributed by atoms with Crippen molar-refractivity contribution in [1.29, 1.82) is 0 Å². The van der Waals surface area contributed by atoms with Gasteiger partial charge in [-0.15, -0.1) is 0 Å². The average molecular weight is 2030 g/mol. The fourth-order valence-corrected chi connectivity index (χ4v) is 25.2. The Balaban J connectivity index is 0.000000179. The minimum absolute atomic E-state index is 0.00356. The SMILES string of the molecule is CC(C)c1ncccc1C(=O)N1CCSC[C@H]1CO.CC(C)c1ncccc1C(=O)N1CCSC[C@H]1COc1cccc(O)c1C=O.CC(O[Si](c1ccccc1)(c1ccccc1)C(C)(C)C)c1ncccc1C(=O)O.C[C@@H](O)c1ncccc1C(=O)N1CCSC[C@H]1COc1cccc(O)c1C=O.C[C@H](O)c1ncccc1C(=O)N1CCSC[C@H]1COc1cccc(O)c1C=O.O=Cc1c(O)cccc1O. The van der Waals surface area contributed by atoms with Gasteiger partial charge in [0.2, 0.25) is 0 Å². The highest BCUT2D eigenvalue weighted by Gasteiger charge is 2.52. The zero-order valence-corrected chi connectivity index (χ0v) is 84.9. The van der Waals surface area contributed by atoms with Gasteiger partial charge in [0.15, 0.2) is 25.1 Å². The van der Waals surface area contributed by atoms with Gasteiger partial charge >= 0.3 is 5.97 Å². The van der Waals surface area contributed by atoms with Gasteiger partial charge in [-0.05, 0) is 157 Å². The van der Waals surface area contributed by atoms with Gasteiger partial charge in [0.05, 0.1) is 128 Å². The van der Waals surface area contributed by atoms with Crippen molar-refractivity contribution in [3.05, 3.63) is 304 Å². The summed E-state index contributed by atoms with van der Waals surface area (Å²) in [6, 6.07) is 55.2. The van der Waals surface area contributed by atoms with Gasteiger partial charge in [0, 0.05) is 103 Å². The van der Waals surface area contributed by atoms with Crippen LogP contribution in [0.1, 0.15) is 221 Å². The molecule has 5 aromatic heterocycles. The van der Waals surface area contributed by atoms with E-state index in [2.05, 4.69) is 70.0 Å². The molecule has 1 unspecified atom stereocenters. The molecule has 4 saturated heterocycles. The maximum absolute atomic E-state index is 13.2. The number of hydrogen-bond acceptors (Lipinski definition) is 30. The van der Waals surface area contributed by atoms with E-state index < -0.39 is 32.6 Å². The maximum atomic E-state index is 13.2. The van der Waals surface area contributed by atoms with Crippen LogP contribution in [0.5, 0.6) is 46.0 Å². The van der Waals surface area contributed by atoms with E-state index in [4.69, 9.17) is 28.8 Å². The van der Waals surface area contributed by atoms with Crippen molar-refractivity contribution < 1.29 is 108 Å². The lowest BCUT2D eigenvalue weighted by Gasteiger charge is -2.44. The van der Waals surface area contributed by atoms with Crippen molar-refractivity contribution in [2.75, 3.05) is 98.6 Å². The minimum atomic E-state index is -2.79.